The first-order valence-electron chi connectivity index (χ1n) is 6.15. The molecule has 2 N–H and O–H groups in total. The summed E-state index contributed by atoms with van der Waals surface area (Å²) in [5.41, 5.74) is 2.05. The Morgan fingerprint density at radius 3 is 3.12 bits per heavy atom. The van der Waals surface area contributed by atoms with Gasteiger partial charge in [0.1, 0.15) is 0 Å². The standard InChI is InChI=1S/C13H19N3O/c1-10-4-5-11(7-15-10)8-16-13(17)12-3-2-6-14-9-12/h4-5,7,12,14H,2-3,6,8-9H2,1H3,(H,16,17)/t12-/m0/s1. The number of nitrogens with one attached hydrogen (secondary N) is 2. The zero-order valence-corrected chi connectivity index (χ0v) is 10.2. The molecular formula is C13H19N3O. The lowest BCUT2D eigenvalue weighted by atomic mass is 9.99. The molecule has 0 unspecified atom stereocenters. The van der Waals surface area contributed by atoms with Crippen molar-refractivity contribution in [1.82, 2.24) is 15.6 Å². The fraction of sp³-hybridized carbons (Fsp3) is 0.538. The number of aryl methyl sites for hydroxylation is 1. The number of pyridine rings is 1. The van der Waals surface area contributed by atoms with Gasteiger partial charge in [-0.05, 0) is 37.9 Å². The molecule has 2 heterocycles. The van der Waals surface area contributed by atoms with Crippen LogP contribution in [-0.4, -0.2) is 24.0 Å². The molecule has 0 spiro atoms. The number of aromatic nitrogens is 1. The maximum Gasteiger partial charge on any atom is 0.224 e. The summed E-state index contributed by atoms with van der Waals surface area (Å²) in [6.07, 6.45) is 3.89. The van der Waals surface area contributed by atoms with Crippen LogP contribution in [0.2, 0.25) is 0 Å². The molecule has 1 amide bonds. The summed E-state index contributed by atoms with van der Waals surface area (Å²) < 4.78 is 0. The Bertz CT molecular complexity index is 369. The molecule has 0 aromatic carbocycles. The molecule has 0 bridgehead atoms. The Labute approximate surface area is 102 Å². The first kappa shape index (κ1) is 12.0. The molecule has 0 saturated carbocycles. The third-order valence-electron chi connectivity index (χ3n) is 3.11. The van der Waals surface area contributed by atoms with Crippen LogP contribution in [0.4, 0.5) is 0 Å². The van der Waals surface area contributed by atoms with Crippen LogP contribution in [0.25, 0.3) is 0 Å². The van der Waals surface area contributed by atoms with Gasteiger partial charge < -0.3 is 10.6 Å². The molecule has 4 heteroatoms. The van der Waals surface area contributed by atoms with E-state index in [1.54, 1.807) is 0 Å². The predicted octanol–water partition coefficient (Wildman–Crippen LogP) is 1.01. The third-order valence-corrected chi connectivity index (χ3v) is 3.11. The molecule has 0 aliphatic carbocycles. The highest BCUT2D eigenvalue weighted by Gasteiger charge is 2.20. The molecule has 1 fully saturated rings. The lowest BCUT2D eigenvalue weighted by Crippen LogP contribution is -2.40. The quantitative estimate of drug-likeness (QED) is 0.819. The van der Waals surface area contributed by atoms with Gasteiger partial charge in [0.2, 0.25) is 5.91 Å². The lowest BCUT2D eigenvalue weighted by Gasteiger charge is -2.21. The Balaban J connectivity index is 1.81. The van der Waals surface area contributed by atoms with E-state index < -0.39 is 0 Å². The van der Waals surface area contributed by atoms with E-state index in [0.29, 0.717) is 6.54 Å². The molecule has 1 saturated heterocycles. The van der Waals surface area contributed by atoms with Crippen molar-refractivity contribution in [1.29, 1.82) is 0 Å². The monoisotopic (exact) mass is 233 g/mol. The second-order valence-corrected chi connectivity index (χ2v) is 4.57. The minimum absolute atomic E-state index is 0.127. The number of hydrogen-bond acceptors (Lipinski definition) is 3. The first-order valence-corrected chi connectivity index (χ1v) is 6.15. The number of amides is 1. The van der Waals surface area contributed by atoms with Gasteiger partial charge in [0, 0.05) is 25.0 Å². The van der Waals surface area contributed by atoms with Gasteiger partial charge in [-0.15, -0.1) is 0 Å². The molecule has 2 rings (SSSR count). The summed E-state index contributed by atoms with van der Waals surface area (Å²) in [5, 5.41) is 6.22. The Kier molecular flexibility index (Phi) is 4.09. The third kappa shape index (κ3) is 3.53. The molecule has 1 aromatic rings. The zero-order chi connectivity index (χ0) is 12.1. The minimum atomic E-state index is 0.127. The van der Waals surface area contributed by atoms with E-state index in [-0.39, 0.29) is 11.8 Å². The summed E-state index contributed by atoms with van der Waals surface area (Å²) in [4.78, 5) is 16.1. The summed E-state index contributed by atoms with van der Waals surface area (Å²) in [5.74, 6) is 0.278. The predicted molar refractivity (Wildman–Crippen MR) is 66.4 cm³/mol. The van der Waals surface area contributed by atoms with Crippen LogP contribution < -0.4 is 10.6 Å². The number of nitrogens with zero attached hydrogens (tertiary/aromatic N) is 1. The van der Waals surface area contributed by atoms with Crippen LogP contribution in [-0.2, 0) is 11.3 Å². The first-order chi connectivity index (χ1) is 8.25. The number of carbonyl (C=O) groups excluding carboxylic acids is 1. The lowest BCUT2D eigenvalue weighted by molar-refractivity contribution is -0.125. The number of carbonyl (C=O) groups is 1. The van der Waals surface area contributed by atoms with Crippen molar-refractivity contribution in [3.05, 3.63) is 29.6 Å². The van der Waals surface area contributed by atoms with Crippen molar-refractivity contribution >= 4 is 5.91 Å². The normalized spacial score (nSPS) is 19.9. The summed E-state index contributed by atoms with van der Waals surface area (Å²) in [6, 6.07) is 3.96. The minimum Gasteiger partial charge on any atom is -0.352 e. The molecule has 92 valence electrons. The van der Waals surface area contributed by atoms with Crippen LogP contribution in [0.15, 0.2) is 18.3 Å². The van der Waals surface area contributed by atoms with E-state index in [2.05, 4.69) is 15.6 Å². The molecule has 17 heavy (non-hydrogen) atoms. The molecule has 1 aliphatic heterocycles. The maximum atomic E-state index is 11.9. The molecule has 1 aliphatic rings. The maximum absolute atomic E-state index is 11.9. The number of piperidine rings is 1. The smallest absolute Gasteiger partial charge is 0.224 e. The van der Waals surface area contributed by atoms with Gasteiger partial charge in [-0.3, -0.25) is 9.78 Å². The second-order valence-electron chi connectivity index (χ2n) is 4.57. The fourth-order valence-electron chi connectivity index (χ4n) is 2.01. The van der Waals surface area contributed by atoms with Crippen LogP contribution in [0.5, 0.6) is 0 Å². The van der Waals surface area contributed by atoms with Crippen molar-refractivity contribution in [2.75, 3.05) is 13.1 Å². The van der Waals surface area contributed by atoms with Gasteiger partial charge in [-0.25, -0.2) is 0 Å². The molecular weight excluding hydrogens is 214 g/mol. The zero-order valence-electron chi connectivity index (χ0n) is 10.2. The van der Waals surface area contributed by atoms with Gasteiger partial charge >= 0.3 is 0 Å². The highest BCUT2D eigenvalue weighted by atomic mass is 16.1. The SMILES string of the molecule is Cc1ccc(CNC(=O)[C@H]2CCCNC2)cn1. The summed E-state index contributed by atoms with van der Waals surface area (Å²) in [7, 11) is 0. The van der Waals surface area contributed by atoms with Crippen LogP contribution in [0.1, 0.15) is 24.1 Å². The fourth-order valence-corrected chi connectivity index (χ4v) is 2.01. The van der Waals surface area contributed by atoms with Crippen molar-refractivity contribution < 1.29 is 4.79 Å². The topological polar surface area (TPSA) is 54.0 Å². The van der Waals surface area contributed by atoms with Crippen molar-refractivity contribution in [2.45, 2.75) is 26.3 Å². The van der Waals surface area contributed by atoms with E-state index in [9.17, 15) is 4.79 Å². The highest BCUT2D eigenvalue weighted by molar-refractivity contribution is 5.78. The van der Waals surface area contributed by atoms with Crippen molar-refractivity contribution in [2.24, 2.45) is 5.92 Å². The van der Waals surface area contributed by atoms with Crippen LogP contribution in [0.3, 0.4) is 0 Å². The Morgan fingerprint density at radius 2 is 2.47 bits per heavy atom. The van der Waals surface area contributed by atoms with Crippen LogP contribution in [0, 0.1) is 12.8 Å². The van der Waals surface area contributed by atoms with E-state index in [1.165, 1.54) is 0 Å². The van der Waals surface area contributed by atoms with Gasteiger partial charge in [0.05, 0.1) is 5.92 Å². The van der Waals surface area contributed by atoms with Gasteiger partial charge in [-0.2, -0.15) is 0 Å². The average Bonchev–Trinajstić information content (AvgIpc) is 2.39. The Morgan fingerprint density at radius 1 is 1.59 bits per heavy atom. The van der Waals surface area contributed by atoms with Crippen LogP contribution >= 0.6 is 0 Å². The Hall–Kier alpha value is -1.42. The average molecular weight is 233 g/mol. The van der Waals surface area contributed by atoms with E-state index in [4.69, 9.17) is 0 Å². The molecule has 0 radical (unpaired) electrons. The molecule has 1 atom stereocenters. The highest BCUT2D eigenvalue weighted by Crippen LogP contribution is 2.10. The molecule has 1 aromatic heterocycles. The van der Waals surface area contributed by atoms with Gasteiger partial charge in [0.15, 0.2) is 0 Å². The van der Waals surface area contributed by atoms with E-state index in [0.717, 1.165) is 37.2 Å². The van der Waals surface area contributed by atoms with E-state index >= 15 is 0 Å². The van der Waals surface area contributed by atoms with E-state index in [1.807, 2.05) is 25.3 Å². The number of hydrogen-bond donors (Lipinski definition) is 2. The van der Waals surface area contributed by atoms with Crippen molar-refractivity contribution in [3.63, 3.8) is 0 Å². The van der Waals surface area contributed by atoms with Gasteiger partial charge in [-0.1, -0.05) is 6.07 Å². The largest absolute Gasteiger partial charge is 0.352 e. The van der Waals surface area contributed by atoms with Crippen molar-refractivity contribution in [3.8, 4) is 0 Å². The second kappa shape index (κ2) is 5.77. The summed E-state index contributed by atoms with van der Waals surface area (Å²) >= 11 is 0. The number of rotatable bonds is 3. The molecule has 4 nitrogen and oxygen atoms in total. The van der Waals surface area contributed by atoms with Gasteiger partial charge in [0.25, 0.3) is 0 Å². The summed E-state index contributed by atoms with van der Waals surface area (Å²) in [6.45, 7) is 4.36.